The standard InChI is InChI=1S/C19H19BrFNO5/c1-2-25-14-4-6-15(7-5-14)26-10-9-19(24)27-12-18(23)22-17-8-3-13(20)11-16(17)21/h3-8,11H,2,9-10,12H2,1H3,(H,22,23). The van der Waals surface area contributed by atoms with E-state index in [-0.39, 0.29) is 18.7 Å². The highest BCUT2D eigenvalue weighted by Gasteiger charge is 2.11. The Kier molecular flexibility index (Phi) is 8.06. The number of benzene rings is 2. The van der Waals surface area contributed by atoms with E-state index in [2.05, 4.69) is 21.2 Å². The molecule has 0 aliphatic rings. The molecule has 0 unspecified atom stereocenters. The van der Waals surface area contributed by atoms with Crippen LogP contribution in [-0.2, 0) is 14.3 Å². The van der Waals surface area contributed by atoms with E-state index in [9.17, 15) is 14.0 Å². The Bertz CT molecular complexity index is 782. The van der Waals surface area contributed by atoms with Crippen molar-refractivity contribution >= 4 is 33.5 Å². The van der Waals surface area contributed by atoms with Crippen molar-refractivity contribution in [3.8, 4) is 11.5 Å². The lowest BCUT2D eigenvalue weighted by molar-refractivity contribution is -0.147. The summed E-state index contributed by atoms with van der Waals surface area (Å²) in [5.74, 6) is -0.482. The van der Waals surface area contributed by atoms with E-state index < -0.39 is 24.3 Å². The van der Waals surface area contributed by atoms with Crippen LogP contribution in [-0.4, -0.2) is 31.7 Å². The molecule has 0 radical (unpaired) electrons. The fourth-order valence-corrected chi connectivity index (χ4v) is 2.38. The van der Waals surface area contributed by atoms with Gasteiger partial charge in [-0.05, 0) is 49.4 Å². The van der Waals surface area contributed by atoms with Gasteiger partial charge in [0, 0.05) is 4.47 Å². The number of hydrogen-bond donors (Lipinski definition) is 1. The van der Waals surface area contributed by atoms with Gasteiger partial charge in [-0.25, -0.2) is 4.39 Å². The summed E-state index contributed by atoms with van der Waals surface area (Å²) in [5.41, 5.74) is 0.0121. The number of carbonyl (C=O) groups is 2. The topological polar surface area (TPSA) is 73.9 Å². The van der Waals surface area contributed by atoms with Crippen molar-refractivity contribution < 1.29 is 28.2 Å². The molecule has 0 saturated carbocycles. The van der Waals surface area contributed by atoms with E-state index in [1.807, 2.05) is 6.92 Å². The zero-order valence-electron chi connectivity index (χ0n) is 14.7. The van der Waals surface area contributed by atoms with E-state index >= 15 is 0 Å². The summed E-state index contributed by atoms with van der Waals surface area (Å²) in [7, 11) is 0. The zero-order valence-corrected chi connectivity index (χ0v) is 16.3. The molecular weight excluding hydrogens is 421 g/mol. The minimum Gasteiger partial charge on any atom is -0.494 e. The van der Waals surface area contributed by atoms with Gasteiger partial charge in [-0.15, -0.1) is 0 Å². The van der Waals surface area contributed by atoms with E-state index in [1.165, 1.54) is 12.1 Å². The molecule has 0 spiro atoms. The minimum absolute atomic E-state index is 0.0121. The first-order valence-electron chi connectivity index (χ1n) is 8.24. The molecule has 0 bridgehead atoms. The van der Waals surface area contributed by atoms with Crippen molar-refractivity contribution in [1.29, 1.82) is 0 Å². The fraction of sp³-hybridized carbons (Fsp3) is 0.263. The van der Waals surface area contributed by atoms with Gasteiger partial charge in [-0.3, -0.25) is 9.59 Å². The molecule has 144 valence electrons. The Morgan fingerprint density at radius 2 is 1.74 bits per heavy atom. The van der Waals surface area contributed by atoms with Crippen LogP contribution in [0.25, 0.3) is 0 Å². The average molecular weight is 440 g/mol. The van der Waals surface area contributed by atoms with Crippen LogP contribution in [0.2, 0.25) is 0 Å². The number of esters is 1. The van der Waals surface area contributed by atoms with Crippen LogP contribution in [0, 0.1) is 5.82 Å². The zero-order chi connectivity index (χ0) is 19.6. The maximum Gasteiger partial charge on any atom is 0.309 e. The van der Waals surface area contributed by atoms with Crippen LogP contribution in [0.1, 0.15) is 13.3 Å². The summed E-state index contributed by atoms with van der Waals surface area (Å²) in [4.78, 5) is 23.4. The molecule has 0 aliphatic carbocycles. The highest BCUT2D eigenvalue weighted by atomic mass is 79.9. The third kappa shape index (κ3) is 7.26. The Morgan fingerprint density at radius 3 is 2.37 bits per heavy atom. The van der Waals surface area contributed by atoms with Gasteiger partial charge in [0.1, 0.15) is 17.3 Å². The summed E-state index contributed by atoms with van der Waals surface area (Å²) in [6.45, 7) is 2.08. The normalized spacial score (nSPS) is 10.2. The molecule has 27 heavy (non-hydrogen) atoms. The maximum absolute atomic E-state index is 13.6. The number of anilines is 1. The van der Waals surface area contributed by atoms with Gasteiger partial charge in [0.25, 0.3) is 5.91 Å². The third-order valence-corrected chi connectivity index (χ3v) is 3.77. The maximum atomic E-state index is 13.6. The molecule has 0 atom stereocenters. The number of ether oxygens (including phenoxy) is 3. The number of hydrogen-bond acceptors (Lipinski definition) is 5. The quantitative estimate of drug-likeness (QED) is 0.599. The molecule has 8 heteroatoms. The molecule has 1 amide bonds. The van der Waals surface area contributed by atoms with Crippen LogP contribution in [0.5, 0.6) is 11.5 Å². The van der Waals surface area contributed by atoms with Gasteiger partial charge >= 0.3 is 5.97 Å². The van der Waals surface area contributed by atoms with Crippen molar-refractivity contribution in [2.45, 2.75) is 13.3 Å². The summed E-state index contributed by atoms with van der Waals surface area (Å²) < 4.78 is 29.8. The highest BCUT2D eigenvalue weighted by Crippen LogP contribution is 2.19. The molecule has 2 rings (SSSR count). The molecule has 0 heterocycles. The van der Waals surface area contributed by atoms with E-state index in [1.54, 1.807) is 30.3 Å². The predicted molar refractivity (Wildman–Crippen MR) is 101 cm³/mol. The largest absolute Gasteiger partial charge is 0.494 e. The van der Waals surface area contributed by atoms with Gasteiger partial charge in [0.2, 0.25) is 0 Å². The van der Waals surface area contributed by atoms with Crippen molar-refractivity contribution in [3.05, 3.63) is 52.8 Å². The third-order valence-electron chi connectivity index (χ3n) is 3.28. The van der Waals surface area contributed by atoms with E-state index in [0.717, 1.165) is 5.75 Å². The van der Waals surface area contributed by atoms with Gasteiger partial charge in [-0.2, -0.15) is 0 Å². The summed E-state index contributed by atoms with van der Waals surface area (Å²) in [6, 6.07) is 11.2. The molecule has 2 aromatic rings. The highest BCUT2D eigenvalue weighted by molar-refractivity contribution is 9.10. The lowest BCUT2D eigenvalue weighted by atomic mass is 10.3. The Balaban J connectivity index is 1.67. The van der Waals surface area contributed by atoms with Crippen LogP contribution in [0.15, 0.2) is 46.9 Å². The predicted octanol–water partition coefficient (Wildman–Crippen LogP) is 3.94. The van der Waals surface area contributed by atoms with Crippen molar-refractivity contribution in [2.75, 3.05) is 25.1 Å². The summed E-state index contributed by atoms with van der Waals surface area (Å²) in [6.07, 6.45) is -0.0207. The first kappa shape index (κ1) is 20.7. The molecular formula is C19H19BrFNO5. The van der Waals surface area contributed by atoms with Crippen LogP contribution < -0.4 is 14.8 Å². The Morgan fingerprint density at radius 1 is 1.07 bits per heavy atom. The first-order chi connectivity index (χ1) is 13.0. The summed E-state index contributed by atoms with van der Waals surface area (Å²) >= 11 is 3.12. The number of rotatable bonds is 9. The molecule has 1 N–H and O–H groups in total. The molecule has 0 saturated heterocycles. The average Bonchev–Trinajstić information content (AvgIpc) is 2.64. The molecule has 0 aromatic heterocycles. The monoisotopic (exact) mass is 439 g/mol. The van der Waals surface area contributed by atoms with Crippen LogP contribution in [0.4, 0.5) is 10.1 Å². The second-order valence-corrected chi connectivity index (χ2v) is 6.25. The van der Waals surface area contributed by atoms with Crippen molar-refractivity contribution in [3.63, 3.8) is 0 Å². The molecule has 0 aliphatic heterocycles. The summed E-state index contributed by atoms with van der Waals surface area (Å²) in [5, 5.41) is 2.34. The number of amides is 1. The SMILES string of the molecule is CCOc1ccc(OCCC(=O)OCC(=O)Nc2ccc(Br)cc2F)cc1. The first-order valence-corrected chi connectivity index (χ1v) is 9.03. The fourth-order valence-electron chi connectivity index (χ4n) is 2.05. The molecule has 6 nitrogen and oxygen atoms in total. The number of halogens is 2. The van der Waals surface area contributed by atoms with E-state index in [0.29, 0.717) is 16.8 Å². The van der Waals surface area contributed by atoms with Gasteiger partial charge in [0.05, 0.1) is 25.3 Å². The van der Waals surface area contributed by atoms with Crippen LogP contribution >= 0.6 is 15.9 Å². The molecule has 0 fully saturated rings. The number of carbonyl (C=O) groups excluding carboxylic acids is 2. The van der Waals surface area contributed by atoms with Crippen LogP contribution in [0.3, 0.4) is 0 Å². The second kappa shape index (κ2) is 10.5. The van der Waals surface area contributed by atoms with E-state index in [4.69, 9.17) is 14.2 Å². The van der Waals surface area contributed by atoms with Crippen molar-refractivity contribution in [2.24, 2.45) is 0 Å². The number of nitrogens with one attached hydrogen (secondary N) is 1. The van der Waals surface area contributed by atoms with Crippen molar-refractivity contribution in [1.82, 2.24) is 0 Å². The van der Waals surface area contributed by atoms with Gasteiger partial charge in [-0.1, -0.05) is 15.9 Å². The Hall–Kier alpha value is -2.61. The lowest BCUT2D eigenvalue weighted by Crippen LogP contribution is -2.22. The smallest absolute Gasteiger partial charge is 0.309 e. The lowest BCUT2D eigenvalue weighted by Gasteiger charge is -2.09. The second-order valence-electron chi connectivity index (χ2n) is 5.34. The molecule has 2 aromatic carbocycles. The van der Waals surface area contributed by atoms with Gasteiger partial charge in [0.15, 0.2) is 6.61 Å². The minimum atomic E-state index is -0.628. The van der Waals surface area contributed by atoms with Gasteiger partial charge < -0.3 is 19.5 Å². The Labute approximate surface area is 164 Å².